The number of allylic oxidation sites excluding steroid dienone is 8. The number of fused-ring (bicyclic) bond motifs is 7. The Morgan fingerprint density at radius 1 is 0.618 bits per heavy atom. The molecule has 0 fully saturated rings. The summed E-state index contributed by atoms with van der Waals surface area (Å²) in [6.07, 6.45) is 9.89. The van der Waals surface area contributed by atoms with Gasteiger partial charge in [-0.15, -0.1) is 0 Å². The summed E-state index contributed by atoms with van der Waals surface area (Å²) in [6, 6.07) is 31.2. The van der Waals surface area contributed by atoms with Crippen molar-refractivity contribution < 1.29 is 20.4 Å². The van der Waals surface area contributed by atoms with E-state index in [2.05, 4.69) is 82.0 Å². The van der Waals surface area contributed by atoms with Crippen molar-refractivity contribution in [3.63, 3.8) is 0 Å². The molecule has 0 saturated heterocycles. The molecule has 0 amide bonds. The number of aliphatic hydroxyl groups excluding tert-OH is 4. The quantitative estimate of drug-likeness (QED) is 0.131. The Hall–Kier alpha value is -6.49. The van der Waals surface area contributed by atoms with E-state index in [1.165, 1.54) is 5.70 Å². The maximum Gasteiger partial charge on any atom is 0.238 e. The summed E-state index contributed by atoms with van der Waals surface area (Å²) in [5, 5.41) is 46.1. The highest BCUT2D eigenvalue weighted by Gasteiger charge is 2.35. The van der Waals surface area contributed by atoms with Gasteiger partial charge in [0.15, 0.2) is 17.4 Å². The molecular formula is C45H34BN5O4. The lowest BCUT2D eigenvalue weighted by Crippen LogP contribution is -2.36. The molecule has 0 saturated carbocycles. The van der Waals surface area contributed by atoms with Crippen LogP contribution in [0.2, 0.25) is 0 Å². The van der Waals surface area contributed by atoms with Gasteiger partial charge < -0.3 is 25.0 Å². The van der Waals surface area contributed by atoms with Crippen LogP contribution in [0.1, 0.15) is 31.5 Å². The van der Waals surface area contributed by atoms with Crippen LogP contribution in [0, 0.1) is 0 Å². The summed E-state index contributed by atoms with van der Waals surface area (Å²) in [5.74, 6) is 0.138. The van der Waals surface area contributed by atoms with Gasteiger partial charge in [-0.05, 0) is 72.2 Å². The molecular weight excluding hydrogens is 685 g/mol. The van der Waals surface area contributed by atoms with Gasteiger partial charge in [0.05, 0.1) is 22.1 Å². The van der Waals surface area contributed by atoms with E-state index in [1.54, 1.807) is 6.08 Å². The molecule has 10 heteroatoms. The molecule has 3 heterocycles. The lowest BCUT2D eigenvalue weighted by molar-refractivity contribution is 0.0305. The largest absolute Gasteiger partial charge is 0.506 e. The monoisotopic (exact) mass is 719 g/mol. The van der Waals surface area contributed by atoms with E-state index in [0.29, 0.717) is 36.0 Å². The van der Waals surface area contributed by atoms with Crippen LogP contribution in [0.5, 0.6) is 0 Å². The van der Waals surface area contributed by atoms with Gasteiger partial charge >= 0.3 is 0 Å². The second-order valence-corrected chi connectivity index (χ2v) is 14.2. The fourth-order valence-corrected chi connectivity index (χ4v) is 8.41. The van der Waals surface area contributed by atoms with Crippen LogP contribution >= 0.6 is 0 Å². The van der Waals surface area contributed by atoms with Crippen molar-refractivity contribution in [3.05, 3.63) is 155 Å². The second kappa shape index (κ2) is 12.8. The molecule has 4 aromatic carbocycles. The van der Waals surface area contributed by atoms with Crippen LogP contribution < -0.4 is 0 Å². The second-order valence-electron chi connectivity index (χ2n) is 14.2. The van der Waals surface area contributed by atoms with E-state index in [9.17, 15) is 20.4 Å². The zero-order valence-electron chi connectivity index (χ0n) is 29.6. The molecule has 2 atom stereocenters. The molecule has 7 aromatic rings. The zero-order chi connectivity index (χ0) is 37.4. The third-order valence-corrected chi connectivity index (χ3v) is 11.0. The fraction of sp³-hybridized carbons (Fsp3) is 0.133. The average Bonchev–Trinajstić information content (AvgIpc) is 3.76. The fourth-order valence-electron chi connectivity index (χ4n) is 8.41. The van der Waals surface area contributed by atoms with Gasteiger partial charge in [-0.3, -0.25) is 4.57 Å². The number of para-hydroxylation sites is 2. The van der Waals surface area contributed by atoms with E-state index in [4.69, 9.17) is 22.8 Å². The van der Waals surface area contributed by atoms with Crippen molar-refractivity contribution in [1.29, 1.82) is 0 Å². The van der Waals surface area contributed by atoms with Crippen molar-refractivity contribution in [1.82, 2.24) is 24.1 Å². The van der Waals surface area contributed by atoms with Crippen molar-refractivity contribution in [2.24, 2.45) is 0 Å². The number of aliphatic hydroxyl groups is 4. The van der Waals surface area contributed by atoms with Crippen molar-refractivity contribution in [2.45, 2.75) is 37.9 Å². The van der Waals surface area contributed by atoms with E-state index >= 15 is 0 Å². The molecule has 0 spiro atoms. The Balaban J connectivity index is 1.23. The Kier molecular flexibility index (Phi) is 7.72. The van der Waals surface area contributed by atoms with Gasteiger partial charge in [-0.1, -0.05) is 97.1 Å². The van der Waals surface area contributed by atoms with Gasteiger partial charge in [0.1, 0.15) is 25.8 Å². The predicted molar refractivity (Wildman–Crippen MR) is 218 cm³/mol. The topological polar surface area (TPSA) is 129 Å². The minimum Gasteiger partial charge on any atom is -0.506 e. The van der Waals surface area contributed by atoms with Crippen molar-refractivity contribution in [2.75, 3.05) is 0 Å². The van der Waals surface area contributed by atoms with Crippen LogP contribution in [0.4, 0.5) is 0 Å². The Morgan fingerprint density at radius 2 is 1.31 bits per heavy atom. The third-order valence-electron chi connectivity index (χ3n) is 11.0. The lowest BCUT2D eigenvalue weighted by Gasteiger charge is -2.30. The van der Waals surface area contributed by atoms with Crippen molar-refractivity contribution >= 4 is 62.7 Å². The lowest BCUT2D eigenvalue weighted by atomic mass is 9.75. The predicted octanol–water partition coefficient (Wildman–Crippen LogP) is 8.52. The first kappa shape index (κ1) is 33.1. The average molecular weight is 720 g/mol. The minimum absolute atomic E-state index is 0.164. The Labute approximate surface area is 317 Å². The number of benzene rings is 4. The van der Waals surface area contributed by atoms with Crippen LogP contribution in [0.25, 0.3) is 72.2 Å². The summed E-state index contributed by atoms with van der Waals surface area (Å²) in [7, 11) is 6.15. The first-order chi connectivity index (χ1) is 26.9. The molecule has 0 aliphatic heterocycles. The van der Waals surface area contributed by atoms with E-state index in [-0.39, 0.29) is 11.0 Å². The summed E-state index contributed by atoms with van der Waals surface area (Å²) in [5.41, 5.74) is 7.84. The SMILES string of the molecule is [B]C1=C(C2=CC=C(c3nc(-c4ccccc4)nc(-n4c5ccccc5c5ccc6c(c7ccccc7n6C6=CC=CCC6)c54)n3)CC2)C(O)C(O)C(O)=C1O. The van der Waals surface area contributed by atoms with E-state index in [0.717, 1.165) is 67.6 Å². The molecule has 10 rings (SSSR count). The molecule has 2 radical (unpaired) electrons. The van der Waals surface area contributed by atoms with Crippen LogP contribution in [-0.2, 0) is 0 Å². The van der Waals surface area contributed by atoms with Gasteiger partial charge in [0.25, 0.3) is 0 Å². The number of aromatic nitrogens is 5. The molecule has 4 N–H and O–H groups in total. The molecule has 9 nitrogen and oxygen atoms in total. The highest BCUT2D eigenvalue weighted by molar-refractivity contribution is 6.26. The maximum absolute atomic E-state index is 10.8. The number of hydrogen-bond donors (Lipinski definition) is 4. The first-order valence-corrected chi connectivity index (χ1v) is 18.4. The highest BCUT2D eigenvalue weighted by atomic mass is 16.4. The molecule has 2 unspecified atom stereocenters. The molecule has 3 aliphatic carbocycles. The van der Waals surface area contributed by atoms with Gasteiger partial charge in [-0.2, -0.15) is 9.97 Å². The number of hydrogen-bond acceptors (Lipinski definition) is 7. The van der Waals surface area contributed by atoms with Crippen LogP contribution in [-0.4, -0.2) is 64.6 Å². The number of nitrogens with zero attached hydrogens (tertiary/aromatic N) is 5. The summed E-state index contributed by atoms with van der Waals surface area (Å²) >= 11 is 0. The first-order valence-electron chi connectivity index (χ1n) is 18.4. The molecule has 3 aliphatic rings. The maximum atomic E-state index is 10.8. The normalized spacial score (nSPS) is 19.1. The molecule has 0 bridgehead atoms. The van der Waals surface area contributed by atoms with Gasteiger partial charge in [-0.25, -0.2) is 4.98 Å². The van der Waals surface area contributed by atoms with Crippen LogP contribution in [0.15, 0.2) is 150 Å². The molecule has 266 valence electrons. The molecule has 55 heavy (non-hydrogen) atoms. The number of rotatable bonds is 5. The minimum atomic E-state index is -1.68. The van der Waals surface area contributed by atoms with Gasteiger partial charge in [0.2, 0.25) is 5.95 Å². The highest BCUT2D eigenvalue weighted by Crippen LogP contribution is 2.43. The molecule has 3 aromatic heterocycles. The summed E-state index contributed by atoms with van der Waals surface area (Å²) in [4.78, 5) is 15.4. The summed E-state index contributed by atoms with van der Waals surface area (Å²) in [6.45, 7) is 0. The van der Waals surface area contributed by atoms with Crippen molar-refractivity contribution in [3.8, 4) is 17.3 Å². The van der Waals surface area contributed by atoms with Gasteiger partial charge in [0, 0.05) is 32.8 Å². The third kappa shape index (κ3) is 5.13. The zero-order valence-corrected chi connectivity index (χ0v) is 29.6. The summed E-state index contributed by atoms with van der Waals surface area (Å²) < 4.78 is 4.57. The smallest absolute Gasteiger partial charge is 0.238 e. The van der Waals surface area contributed by atoms with Crippen LogP contribution in [0.3, 0.4) is 0 Å². The van der Waals surface area contributed by atoms with E-state index < -0.39 is 23.7 Å². The van der Waals surface area contributed by atoms with E-state index in [1.807, 2.05) is 42.5 Å². The standard InChI is InChI=1S/C45H34BN5O4/c46-37-35(39(52)41(54)42(55)40(37)53)25-19-21-27(22-20-25)44-47-43(26-11-3-1-4-12-26)48-45(49-44)51-32-17-9-7-15-29(32)30-23-24-34-36(38(30)51)31-16-8-10-18-33(31)50(34)28-13-5-2-6-14-28/h1-5,7-13,15-19,21,23-24,39,41,52-55H,6,14,20,22H2. The Bertz CT molecular complexity index is 2950. The Morgan fingerprint density at radius 3 is 2.05 bits per heavy atom.